The minimum Gasteiger partial charge on any atom is -0.490 e. The normalized spacial score (nSPS) is 19.7. The zero-order valence-corrected chi connectivity index (χ0v) is 22.0. The third-order valence-electron chi connectivity index (χ3n) is 6.54. The van der Waals surface area contributed by atoms with Gasteiger partial charge < -0.3 is 14.8 Å². The summed E-state index contributed by atoms with van der Waals surface area (Å²) in [6.07, 6.45) is 3.43. The van der Waals surface area contributed by atoms with Crippen molar-refractivity contribution in [2.24, 2.45) is 5.92 Å². The molecule has 0 spiro atoms. The van der Waals surface area contributed by atoms with E-state index in [2.05, 4.69) is 40.3 Å². The topological polar surface area (TPSA) is 71.4 Å². The highest BCUT2D eigenvalue weighted by atomic mass is 79.9. The zero-order chi connectivity index (χ0) is 24.9. The molecule has 0 saturated carbocycles. The first-order chi connectivity index (χ1) is 17.0. The lowest BCUT2D eigenvalue weighted by atomic mass is 9.72. The molecule has 0 aromatic heterocycles. The summed E-state index contributed by atoms with van der Waals surface area (Å²) in [4.78, 5) is 13.4. The molecule has 5 nitrogen and oxygen atoms in total. The van der Waals surface area contributed by atoms with Gasteiger partial charge in [0, 0.05) is 23.4 Å². The average molecular weight is 534 g/mol. The van der Waals surface area contributed by atoms with Crippen molar-refractivity contribution in [3.05, 3.63) is 80.6 Å². The lowest BCUT2D eigenvalue weighted by Crippen LogP contribution is -2.34. The van der Waals surface area contributed by atoms with Crippen LogP contribution in [0, 0.1) is 23.3 Å². The second-order valence-electron chi connectivity index (χ2n) is 9.03. The maximum absolute atomic E-state index is 13.4. The van der Waals surface area contributed by atoms with Crippen LogP contribution in [0.1, 0.15) is 63.5 Å². The highest BCUT2D eigenvalue weighted by Crippen LogP contribution is 2.47. The lowest BCUT2D eigenvalue weighted by molar-refractivity contribution is -0.117. The largest absolute Gasteiger partial charge is 0.490 e. The number of Topliss-reactive ketones (excluding diaryl/α,β-unsaturated/α-hetero) is 1. The van der Waals surface area contributed by atoms with Gasteiger partial charge in [-0.15, -0.1) is 0 Å². The first-order valence-electron chi connectivity index (χ1n) is 12.2. The Labute approximate surface area is 216 Å². The highest BCUT2D eigenvalue weighted by molar-refractivity contribution is 9.10. The molecule has 1 aliphatic heterocycles. The van der Waals surface area contributed by atoms with E-state index >= 15 is 0 Å². The first kappa shape index (κ1) is 25.1. The van der Waals surface area contributed by atoms with Crippen LogP contribution in [0.3, 0.4) is 0 Å². The van der Waals surface area contributed by atoms with E-state index in [0.717, 1.165) is 46.3 Å². The Hall–Kier alpha value is -3.04. The van der Waals surface area contributed by atoms with Gasteiger partial charge in [-0.1, -0.05) is 37.6 Å². The summed E-state index contributed by atoms with van der Waals surface area (Å²) in [5.74, 6) is 1.20. The maximum atomic E-state index is 13.4. The minimum atomic E-state index is -0.432. The predicted octanol–water partition coefficient (Wildman–Crippen LogP) is 6.74. The monoisotopic (exact) mass is 533 g/mol. The molecule has 1 N–H and O–H groups in total. The molecule has 4 rings (SSSR count). The van der Waals surface area contributed by atoms with Crippen LogP contribution in [0.25, 0.3) is 0 Å². The summed E-state index contributed by atoms with van der Waals surface area (Å²) in [6.45, 7) is 6.79. The number of carbonyl (C=O) groups is 1. The molecule has 0 saturated heterocycles. The summed E-state index contributed by atoms with van der Waals surface area (Å²) >= 11 is 3.67. The van der Waals surface area contributed by atoms with E-state index in [4.69, 9.17) is 9.47 Å². The van der Waals surface area contributed by atoms with E-state index < -0.39 is 5.92 Å². The number of hydrogen-bond donors (Lipinski definition) is 1. The Morgan fingerprint density at radius 3 is 2.74 bits per heavy atom. The smallest absolute Gasteiger partial charge is 0.175 e. The van der Waals surface area contributed by atoms with Gasteiger partial charge >= 0.3 is 0 Å². The number of benzene rings is 2. The molecule has 1 heterocycles. The molecular weight excluding hydrogens is 504 g/mol. The maximum Gasteiger partial charge on any atom is 0.175 e. The molecule has 181 valence electrons. The number of allylic oxidation sites excluding steroid dienone is 4. The van der Waals surface area contributed by atoms with E-state index in [-0.39, 0.29) is 5.78 Å². The standard InChI is InChI=1S/C29H30BrN2O3/c1-4-9-20-12-24-28(25(33)13-20)27(22(16-31)18(3)32-24)21-14-23(30)29(26(15-21)34-5-2)35-17-19-10-7-6-8-11-19/h6-8,10,14-15,20,27,32H,4-5,9,12-13,17H2,1-3H3. The zero-order valence-electron chi connectivity index (χ0n) is 20.4. The summed E-state index contributed by atoms with van der Waals surface area (Å²) < 4.78 is 12.8. The van der Waals surface area contributed by atoms with Crippen LogP contribution in [-0.4, -0.2) is 12.4 Å². The van der Waals surface area contributed by atoms with Gasteiger partial charge in [0.1, 0.15) is 6.61 Å². The van der Waals surface area contributed by atoms with Crippen molar-refractivity contribution in [2.75, 3.05) is 6.61 Å². The Balaban J connectivity index is 1.75. The second kappa shape index (κ2) is 11.1. The third-order valence-corrected chi connectivity index (χ3v) is 7.13. The Morgan fingerprint density at radius 2 is 2.06 bits per heavy atom. The number of nitriles is 1. The summed E-state index contributed by atoms with van der Waals surface area (Å²) in [5.41, 5.74) is 4.80. The van der Waals surface area contributed by atoms with E-state index in [0.29, 0.717) is 48.2 Å². The molecule has 0 bridgehead atoms. The minimum absolute atomic E-state index is 0.122. The molecule has 6 heteroatoms. The van der Waals surface area contributed by atoms with Crippen LogP contribution in [0.15, 0.2) is 63.4 Å². The number of dihydropyridines is 1. The van der Waals surface area contributed by atoms with E-state index in [9.17, 15) is 10.1 Å². The average Bonchev–Trinajstić information content (AvgIpc) is 2.83. The SMILES string of the molecule is CCCC1CC(=O)C2=C(C1)NC(C)=C(C#N)C2c1cc(Br)c(OCc2[c]cccc2)c(OCC)c1. The van der Waals surface area contributed by atoms with Gasteiger partial charge in [0.2, 0.25) is 0 Å². The number of ether oxygens (including phenoxy) is 2. The molecule has 2 atom stereocenters. The van der Waals surface area contributed by atoms with Crippen LogP contribution in [0.4, 0.5) is 0 Å². The molecule has 2 aromatic carbocycles. The fourth-order valence-corrected chi connectivity index (χ4v) is 5.62. The van der Waals surface area contributed by atoms with Crippen molar-refractivity contribution in [3.8, 4) is 17.6 Å². The van der Waals surface area contributed by atoms with Crippen LogP contribution in [0.5, 0.6) is 11.5 Å². The predicted molar refractivity (Wildman–Crippen MR) is 139 cm³/mol. The van der Waals surface area contributed by atoms with Gasteiger partial charge in [0.25, 0.3) is 0 Å². The number of hydrogen-bond acceptors (Lipinski definition) is 5. The van der Waals surface area contributed by atoms with Crippen molar-refractivity contribution in [3.63, 3.8) is 0 Å². The molecule has 1 aliphatic carbocycles. The Kier molecular flexibility index (Phi) is 7.97. The molecule has 0 amide bonds. The fraction of sp³-hybridized carbons (Fsp3) is 0.379. The van der Waals surface area contributed by atoms with Gasteiger partial charge in [-0.25, -0.2) is 0 Å². The van der Waals surface area contributed by atoms with Gasteiger partial charge in [0.15, 0.2) is 17.3 Å². The fourth-order valence-electron chi connectivity index (χ4n) is 5.04. The van der Waals surface area contributed by atoms with Gasteiger partial charge in [-0.05, 0) is 77.9 Å². The number of ketones is 1. The van der Waals surface area contributed by atoms with Crippen molar-refractivity contribution in [1.29, 1.82) is 5.26 Å². The highest BCUT2D eigenvalue weighted by Gasteiger charge is 2.39. The van der Waals surface area contributed by atoms with Crippen molar-refractivity contribution < 1.29 is 14.3 Å². The van der Waals surface area contributed by atoms with Crippen LogP contribution >= 0.6 is 15.9 Å². The summed E-state index contributed by atoms with van der Waals surface area (Å²) in [7, 11) is 0. The van der Waals surface area contributed by atoms with Crippen LogP contribution < -0.4 is 14.8 Å². The number of nitrogens with one attached hydrogen (secondary N) is 1. The van der Waals surface area contributed by atoms with E-state index in [1.807, 2.05) is 50.2 Å². The van der Waals surface area contributed by atoms with Crippen molar-refractivity contribution in [1.82, 2.24) is 5.32 Å². The third kappa shape index (κ3) is 5.31. The molecule has 1 radical (unpaired) electrons. The second-order valence-corrected chi connectivity index (χ2v) is 9.88. The summed E-state index contributed by atoms with van der Waals surface area (Å²) in [6, 6.07) is 17.1. The van der Waals surface area contributed by atoms with E-state index in [1.54, 1.807) is 0 Å². The van der Waals surface area contributed by atoms with Crippen molar-refractivity contribution >= 4 is 21.7 Å². The summed E-state index contributed by atoms with van der Waals surface area (Å²) in [5, 5.41) is 13.4. The molecular formula is C29H30BrN2O3. The Morgan fingerprint density at radius 1 is 1.23 bits per heavy atom. The Bertz CT molecular complexity index is 1210. The molecule has 2 aromatic rings. The first-order valence-corrected chi connectivity index (χ1v) is 12.9. The molecule has 35 heavy (non-hydrogen) atoms. The van der Waals surface area contributed by atoms with Crippen LogP contribution in [0.2, 0.25) is 0 Å². The van der Waals surface area contributed by atoms with Gasteiger partial charge in [-0.2, -0.15) is 5.26 Å². The number of rotatable bonds is 8. The number of halogens is 1. The molecule has 2 aliphatic rings. The lowest BCUT2D eigenvalue weighted by Gasteiger charge is -2.35. The quantitative estimate of drug-likeness (QED) is 0.406. The molecule has 2 unspecified atom stereocenters. The van der Waals surface area contributed by atoms with Crippen molar-refractivity contribution in [2.45, 2.75) is 59.0 Å². The number of carbonyl (C=O) groups excluding carboxylic acids is 1. The van der Waals surface area contributed by atoms with Crippen LogP contribution in [-0.2, 0) is 11.4 Å². The van der Waals surface area contributed by atoms with Gasteiger partial charge in [0.05, 0.1) is 28.6 Å². The van der Waals surface area contributed by atoms with Gasteiger partial charge in [-0.3, -0.25) is 4.79 Å². The van der Waals surface area contributed by atoms with E-state index in [1.165, 1.54) is 0 Å². The molecule has 0 fully saturated rings. The number of nitrogens with zero attached hydrogens (tertiary/aromatic N) is 1.